The van der Waals surface area contributed by atoms with Gasteiger partial charge in [-0.2, -0.15) is 0 Å². The highest BCUT2D eigenvalue weighted by Gasteiger charge is 2.60. The van der Waals surface area contributed by atoms with Gasteiger partial charge in [0.1, 0.15) is 0 Å². The highest BCUT2D eigenvalue weighted by atomic mass is 14.6. The summed E-state index contributed by atoms with van der Waals surface area (Å²) in [6.07, 6.45) is 12.2. The summed E-state index contributed by atoms with van der Waals surface area (Å²) in [4.78, 5) is 0. The molecule has 3 fully saturated rings. The van der Waals surface area contributed by atoms with Crippen LogP contribution in [0.3, 0.4) is 0 Å². The molecule has 0 spiro atoms. The topological polar surface area (TPSA) is 0 Å². The average molecular weight is 248 g/mol. The van der Waals surface area contributed by atoms with E-state index in [0.717, 1.165) is 23.7 Å². The van der Waals surface area contributed by atoms with Crippen LogP contribution in [0.25, 0.3) is 0 Å². The third-order valence-electron chi connectivity index (χ3n) is 7.54. The van der Waals surface area contributed by atoms with Crippen molar-refractivity contribution in [2.45, 2.75) is 79.1 Å². The molecule has 0 heterocycles. The van der Waals surface area contributed by atoms with Gasteiger partial charge in [0.15, 0.2) is 0 Å². The predicted molar refractivity (Wildman–Crippen MR) is 78.5 cm³/mol. The fourth-order valence-electron chi connectivity index (χ4n) is 5.76. The van der Waals surface area contributed by atoms with Crippen LogP contribution in [0, 0.1) is 34.5 Å². The van der Waals surface area contributed by atoms with E-state index in [4.69, 9.17) is 0 Å². The Balaban J connectivity index is 1.63. The Bertz CT molecular complexity index is 305. The third-order valence-corrected chi connectivity index (χ3v) is 7.54. The lowest BCUT2D eigenvalue weighted by Gasteiger charge is -2.34. The van der Waals surface area contributed by atoms with Crippen molar-refractivity contribution in [3.63, 3.8) is 0 Å². The van der Waals surface area contributed by atoms with Gasteiger partial charge in [-0.25, -0.2) is 0 Å². The molecule has 2 bridgehead atoms. The molecular formula is C18H32. The standard InChI is InChI=1S/C18H32/c1-13-5-7-14(8-6-13)11-15-12-18(4)10-9-16(15)17(18,2)3/h13-16H,5-12H2,1-4H3. The number of rotatable bonds is 2. The number of fused-ring (bicyclic) bond motifs is 2. The van der Waals surface area contributed by atoms with Gasteiger partial charge in [-0.15, -0.1) is 0 Å². The van der Waals surface area contributed by atoms with E-state index in [2.05, 4.69) is 27.7 Å². The lowest BCUT2D eigenvalue weighted by atomic mass is 9.71. The number of hydrogen-bond donors (Lipinski definition) is 0. The largest absolute Gasteiger partial charge is 0.0625 e. The van der Waals surface area contributed by atoms with Crippen LogP contribution < -0.4 is 0 Å². The van der Waals surface area contributed by atoms with Crippen molar-refractivity contribution in [3.05, 3.63) is 0 Å². The molecule has 0 nitrogen and oxygen atoms in total. The number of hydrogen-bond acceptors (Lipinski definition) is 0. The molecule has 0 aromatic rings. The van der Waals surface area contributed by atoms with Gasteiger partial charge < -0.3 is 0 Å². The van der Waals surface area contributed by atoms with Crippen molar-refractivity contribution < 1.29 is 0 Å². The van der Waals surface area contributed by atoms with Gasteiger partial charge in [-0.05, 0) is 60.2 Å². The maximum Gasteiger partial charge on any atom is -0.0269 e. The Kier molecular flexibility index (Phi) is 3.07. The minimum Gasteiger partial charge on any atom is -0.0625 e. The molecule has 3 aliphatic rings. The molecule has 3 rings (SSSR count). The summed E-state index contributed by atoms with van der Waals surface area (Å²) >= 11 is 0. The Morgan fingerprint density at radius 2 is 1.61 bits per heavy atom. The van der Waals surface area contributed by atoms with Crippen molar-refractivity contribution >= 4 is 0 Å². The van der Waals surface area contributed by atoms with Gasteiger partial charge in [0.05, 0.1) is 0 Å². The zero-order chi connectivity index (χ0) is 13.0. The molecule has 0 heteroatoms. The van der Waals surface area contributed by atoms with Crippen molar-refractivity contribution in [3.8, 4) is 0 Å². The molecule has 0 aromatic heterocycles. The van der Waals surface area contributed by atoms with E-state index in [0.29, 0.717) is 10.8 Å². The van der Waals surface area contributed by atoms with Crippen LogP contribution in [0.2, 0.25) is 0 Å². The van der Waals surface area contributed by atoms with E-state index in [1.807, 2.05) is 0 Å². The molecule has 0 aromatic carbocycles. The van der Waals surface area contributed by atoms with Crippen LogP contribution in [0.5, 0.6) is 0 Å². The van der Waals surface area contributed by atoms with Crippen LogP contribution in [-0.4, -0.2) is 0 Å². The summed E-state index contributed by atoms with van der Waals surface area (Å²) in [6.45, 7) is 10.1. The maximum atomic E-state index is 2.58. The van der Waals surface area contributed by atoms with Crippen molar-refractivity contribution in [1.82, 2.24) is 0 Å². The molecule has 18 heavy (non-hydrogen) atoms. The Labute approximate surface area is 114 Å². The summed E-state index contributed by atoms with van der Waals surface area (Å²) in [5, 5.41) is 0. The van der Waals surface area contributed by atoms with E-state index in [1.165, 1.54) is 44.9 Å². The van der Waals surface area contributed by atoms with E-state index in [1.54, 1.807) is 6.42 Å². The lowest BCUT2D eigenvalue weighted by Crippen LogP contribution is -2.26. The summed E-state index contributed by atoms with van der Waals surface area (Å²) in [6, 6.07) is 0. The first-order chi connectivity index (χ1) is 8.42. The first-order valence-corrected chi connectivity index (χ1v) is 8.42. The van der Waals surface area contributed by atoms with Crippen LogP contribution >= 0.6 is 0 Å². The van der Waals surface area contributed by atoms with E-state index in [-0.39, 0.29) is 0 Å². The van der Waals surface area contributed by atoms with Crippen molar-refractivity contribution in [1.29, 1.82) is 0 Å². The third kappa shape index (κ3) is 1.86. The van der Waals surface area contributed by atoms with Crippen LogP contribution in [0.1, 0.15) is 79.1 Å². The summed E-state index contributed by atoms with van der Waals surface area (Å²) in [5.74, 6) is 4.19. The minimum absolute atomic E-state index is 0.625. The zero-order valence-electron chi connectivity index (χ0n) is 13.0. The van der Waals surface area contributed by atoms with Gasteiger partial charge in [-0.1, -0.05) is 53.4 Å². The van der Waals surface area contributed by atoms with Crippen LogP contribution in [0.15, 0.2) is 0 Å². The van der Waals surface area contributed by atoms with Gasteiger partial charge in [-0.3, -0.25) is 0 Å². The Morgan fingerprint density at radius 1 is 0.944 bits per heavy atom. The lowest BCUT2D eigenvalue weighted by molar-refractivity contribution is 0.151. The quantitative estimate of drug-likeness (QED) is 0.591. The fraction of sp³-hybridized carbons (Fsp3) is 1.00. The molecule has 3 saturated carbocycles. The van der Waals surface area contributed by atoms with Gasteiger partial charge in [0.25, 0.3) is 0 Å². The summed E-state index contributed by atoms with van der Waals surface area (Å²) in [7, 11) is 0. The Morgan fingerprint density at radius 3 is 2.11 bits per heavy atom. The summed E-state index contributed by atoms with van der Waals surface area (Å²) in [5.41, 5.74) is 1.30. The van der Waals surface area contributed by atoms with Gasteiger partial charge in [0, 0.05) is 0 Å². The molecule has 104 valence electrons. The molecule has 0 radical (unpaired) electrons. The predicted octanol–water partition coefficient (Wildman–Crippen LogP) is 5.67. The van der Waals surface area contributed by atoms with Gasteiger partial charge >= 0.3 is 0 Å². The second kappa shape index (κ2) is 4.25. The molecular weight excluding hydrogens is 216 g/mol. The van der Waals surface area contributed by atoms with E-state index < -0.39 is 0 Å². The van der Waals surface area contributed by atoms with E-state index in [9.17, 15) is 0 Å². The normalized spacial score (nSPS) is 50.7. The SMILES string of the molecule is CC1CCC(CC2CC3(C)CCC2C3(C)C)CC1. The molecule has 0 aliphatic heterocycles. The highest BCUT2D eigenvalue weighted by molar-refractivity contribution is 5.09. The first-order valence-electron chi connectivity index (χ1n) is 8.42. The van der Waals surface area contributed by atoms with Crippen LogP contribution in [0.4, 0.5) is 0 Å². The van der Waals surface area contributed by atoms with E-state index >= 15 is 0 Å². The highest BCUT2D eigenvalue weighted by Crippen LogP contribution is 2.68. The van der Waals surface area contributed by atoms with Crippen molar-refractivity contribution in [2.75, 3.05) is 0 Å². The molecule has 3 aliphatic carbocycles. The monoisotopic (exact) mass is 248 g/mol. The minimum atomic E-state index is 0.625. The van der Waals surface area contributed by atoms with Crippen LogP contribution in [-0.2, 0) is 0 Å². The summed E-state index contributed by atoms with van der Waals surface area (Å²) < 4.78 is 0. The molecule has 3 atom stereocenters. The zero-order valence-corrected chi connectivity index (χ0v) is 13.0. The van der Waals surface area contributed by atoms with Crippen molar-refractivity contribution in [2.24, 2.45) is 34.5 Å². The molecule has 0 amide bonds. The molecule has 0 N–H and O–H groups in total. The second-order valence-electron chi connectivity index (χ2n) is 8.75. The molecule has 0 saturated heterocycles. The maximum absolute atomic E-state index is 2.58. The van der Waals surface area contributed by atoms with Gasteiger partial charge in [0.2, 0.25) is 0 Å². The Hall–Kier alpha value is 0. The second-order valence-corrected chi connectivity index (χ2v) is 8.75. The smallest absolute Gasteiger partial charge is 0.0269 e. The first kappa shape index (κ1) is 13.0. The average Bonchev–Trinajstić information content (AvgIpc) is 2.63. The fourth-order valence-corrected chi connectivity index (χ4v) is 5.76. The molecule has 3 unspecified atom stereocenters.